The van der Waals surface area contributed by atoms with Crippen molar-refractivity contribution in [2.24, 2.45) is 0 Å². The molecule has 0 aliphatic heterocycles. The summed E-state index contributed by atoms with van der Waals surface area (Å²) in [7, 11) is 0. The summed E-state index contributed by atoms with van der Waals surface area (Å²) in [6.45, 7) is 0.101. The SMILES string of the molecule is OCCCC(O)([c-]1cccc1)[c-]1cccc1.[Fe].[Fe].[cH-]1[cH-][cH-][cH-][cH-]1.c1cc[cH-]c1. The minimum absolute atomic E-state index is 0. The Morgan fingerprint density at radius 1 is 0.679 bits per heavy atom. The van der Waals surface area contributed by atoms with Gasteiger partial charge in [0.15, 0.2) is 0 Å². The van der Waals surface area contributed by atoms with E-state index >= 15 is 0 Å². The van der Waals surface area contributed by atoms with Crippen LogP contribution in [0.4, 0.5) is 0 Å². The Morgan fingerprint density at radius 3 is 1.36 bits per heavy atom. The van der Waals surface area contributed by atoms with E-state index in [-0.39, 0.29) is 40.7 Å². The molecule has 4 aromatic rings. The van der Waals surface area contributed by atoms with Crippen LogP contribution < -0.4 is 0 Å². The van der Waals surface area contributed by atoms with Crippen molar-refractivity contribution in [2.75, 3.05) is 6.61 Å². The number of rotatable bonds is 5. The Hall–Kier alpha value is -1.64. The van der Waals surface area contributed by atoms with Crippen LogP contribution >= 0.6 is 0 Å². The fourth-order valence-electron chi connectivity index (χ4n) is 2.73. The van der Waals surface area contributed by atoms with Crippen molar-refractivity contribution in [2.45, 2.75) is 18.4 Å². The topological polar surface area (TPSA) is 40.5 Å². The van der Waals surface area contributed by atoms with E-state index in [9.17, 15) is 5.11 Å². The summed E-state index contributed by atoms with van der Waals surface area (Å²) in [5.41, 5.74) is 0.828. The van der Waals surface area contributed by atoms with E-state index in [2.05, 4.69) is 0 Å². The van der Waals surface area contributed by atoms with Crippen LogP contribution in [0.3, 0.4) is 0 Å². The molecule has 158 valence electrons. The van der Waals surface area contributed by atoms with Crippen LogP contribution in [-0.2, 0) is 39.7 Å². The second kappa shape index (κ2) is 15.3. The number of aliphatic hydroxyl groups is 2. The van der Waals surface area contributed by atoms with Gasteiger partial charge < -0.3 is 40.5 Å². The molecule has 0 atom stereocenters. The standard InChI is InChI=1S/C14H16O2.2C5H5.2Fe/c15-11-5-10-14(16,12-6-1-2-7-12)13-8-3-4-9-13;2*1-2-4-5-3-1;;/h1-4,6-9,15-16H,5,10-11H2;2*1-5H;;/q-2;-5;-1;;. The molecule has 4 heteroatoms. The van der Waals surface area contributed by atoms with Crippen molar-refractivity contribution in [3.8, 4) is 0 Å². The summed E-state index contributed by atoms with van der Waals surface area (Å²) in [5, 5.41) is 19.7. The largest absolute Gasteiger partial charge is 0.748 e. The van der Waals surface area contributed by atoms with Gasteiger partial charge in [-0.15, -0.1) is 11.1 Å². The van der Waals surface area contributed by atoms with E-state index in [4.69, 9.17) is 5.11 Å². The summed E-state index contributed by atoms with van der Waals surface area (Å²) in [4.78, 5) is 0. The van der Waals surface area contributed by atoms with E-state index in [0.717, 1.165) is 11.1 Å². The van der Waals surface area contributed by atoms with Gasteiger partial charge in [0.2, 0.25) is 0 Å². The van der Waals surface area contributed by atoms with Crippen molar-refractivity contribution >= 4 is 0 Å². The van der Waals surface area contributed by atoms with Gasteiger partial charge in [0.05, 0.1) is 0 Å². The quantitative estimate of drug-likeness (QED) is 0.329. The molecule has 0 aromatic heterocycles. The summed E-state index contributed by atoms with van der Waals surface area (Å²) < 4.78 is 0. The van der Waals surface area contributed by atoms with Crippen LogP contribution in [0.5, 0.6) is 0 Å². The van der Waals surface area contributed by atoms with E-state index in [1.54, 1.807) is 0 Å². The summed E-state index contributed by atoms with van der Waals surface area (Å²) in [6.07, 6.45) is 1.13. The van der Waals surface area contributed by atoms with Crippen molar-refractivity contribution in [3.05, 3.63) is 120 Å². The average Bonchev–Trinajstić information content (AvgIpc) is 3.51. The zero-order valence-electron chi connectivity index (χ0n) is 15.6. The molecular formula is C24H26Fe2O2-8. The Morgan fingerprint density at radius 2 is 1.07 bits per heavy atom. The van der Waals surface area contributed by atoms with Crippen LogP contribution in [0.15, 0.2) is 109 Å². The summed E-state index contributed by atoms with van der Waals surface area (Å²) in [6, 6.07) is 35.4. The smallest absolute Gasteiger partial charge is 0.0431 e. The van der Waals surface area contributed by atoms with Crippen LogP contribution in [0.25, 0.3) is 0 Å². The summed E-state index contributed by atoms with van der Waals surface area (Å²) >= 11 is 0. The fourth-order valence-corrected chi connectivity index (χ4v) is 2.73. The first-order valence-corrected chi connectivity index (χ1v) is 8.88. The Kier molecular flexibility index (Phi) is 14.4. The Labute approximate surface area is 189 Å². The molecule has 0 heterocycles. The molecule has 0 aliphatic rings. The zero-order chi connectivity index (χ0) is 18.5. The third kappa shape index (κ3) is 8.58. The van der Waals surface area contributed by atoms with Gasteiger partial charge in [-0.25, -0.2) is 36.4 Å². The maximum atomic E-state index is 10.8. The zero-order valence-corrected chi connectivity index (χ0v) is 17.8. The maximum Gasteiger partial charge on any atom is 0.0431 e. The fraction of sp³-hybridized carbons (Fsp3) is 0.167. The normalized spacial score (nSPS) is 9.64. The van der Waals surface area contributed by atoms with E-state index < -0.39 is 5.60 Å². The second-order valence-electron chi connectivity index (χ2n) is 5.96. The molecule has 2 nitrogen and oxygen atoms in total. The van der Waals surface area contributed by atoms with E-state index in [1.807, 2.05) is 109 Å². The monoisotopic (exact) mass is 458 g/mol. The number of hydrogen-bond donors (Lipinski definition) is 2. The van der Waals surface area contributed by atoms with Gasteiger partial charge >= 0.3 is 0 Å². The van der Waals surface area contributed by atoms with Gasteiger partial charge in [0.1, 0.15) is 0 Å². The second-order valence-corrected chi connectivity index (χ2v) is 5.96. The number of aliphatic hydroxyl groups excluding tert-OH is 1. The van der Waals surface area contributed by atoms with Gasteiger partial charge in [-0.05, 0) is 12.8 Å². The molecule has 0 saturated carbocycles. The minimum atomic E-state index is -0.963. The van der Waals surface area contributed by atoms with Crippen LogP contribution in [0.1, 0.15) is 24.0 Å². The van der Waals surface area contributed by atoms with Crippen molar-refractivity contribution in [3.63, 3.8) is 0 Å². The van der Waals surface area contributed by atoms with Gasteiger partial charge in [-0.1, -0.05) is 0 Å². The molecular weight excluding hydrogens is 432 g/mol. The maximum absolute atomic E-state index is 10.8. The molecule has 0 radical (unpaired) electrons. The van der Waals surface area contributed by atoms with E-state index in [0.29, 0.717) is 12.8 Å². The number of hydrogen-bond acceptors (Lipinski definition) is 2. The van der Waals surface area contributed by atoms with Crippen molar-refractivity contribution in [1.82, 2.24) is 0 Å². The third-order valence-electron chi connectivity index (χ3n) is 4.09. The van der Waals surface area contributed by atoms with Gasteiger partial charge in [-0.2, -0.15) is 42.5 Å². The van der Waals surface area contributed by atoms with Crippen molar-refractivity contribution in [1.29, 1.82) is 0 Å². The van der Waals surface area contributed by atoms with Crippen LogP contribution in [-0.4, -0.2) is 16.8 Å². The third-order valence-corrected chi connectivity index (χ3v) is 4.09. The van der Waals surface area contributed by atoms with Crippen molar-refractivity contribution < 1.29 is 44.4 Å². The van der Waals surface area contributed by atoms with Crippen LogP contribution in [0, 0.1) is 0 Å². The molecule has 4 aromatic carbocycles. The predicted molar refractivity (Wildman–Crippen MR) is 107 cm³/mol. The average molecular weight is 458 g/mol. The minimum Gasteiger partial charge on any atom is -0.748 e. The Balaban J connectivity index is 0.000000500. The molecule has 0 aliphatic carbocycles. The first-order valence-electron chi connectivity index (χ1n) is 8.88. The van der Waals surface area contributed by atoms with Gasteiger partial charge in [0, 0.05) is 46.3 Å². The molecule has 28 heavy (non-hydrogen) atoms. The summed E-state index contributed by atoms with van der Waals surface area (Å²) in [5.74, 6) is 0. The Bertz CT molecular complexity index is 645. The first kappa shape index (κ1) is 26.4. The molecule has 0 spiro atoms. The molecule has 0 bridgehead atoms. The van der Waals surface area contributed by atoms with E-state index in [1.165, 1.54) is 0 Å². The van der Waals surface area contributed by atoms with Gasteiger partial charge in [-0.3, -0.25) is 0 Å². The molecule has 0 unspecified atom stereocenters. The molecule has 4 rings (SSSR count). The predicted octanol–water partition coefficient (Wildman–Crippen LogP) is 4.94. The molecule has 0 amide bonds. The van der Waals surface area contributed by atoms with Gasteiger partial charge in [0.25, 0.3) is 0 Å². The molecule has 2 N–H and O–H groups in total. The first-order chi connectivity index (χ1) is 12.8. The molecule has 0 fully saturated rings. The van der Waals surface area contributed by atoms with Crippen LogP contribution in [0.2, 0.25) is 0 Å². The molecule has 0 saturated heterocycles.